The van der Waals surface area contributed by atoms with Crippen molar-refractivity contribution >= 4 is 0 Å². The molecule has 0 spiro atoms. The summed E-state index contributed by atoms with van der Waals surface area (Å²) in [6.45, 7) is 7.96. The summed E-state index contributed by atoms with van der Waals surface area (Å²) in [5.41, 5.74) is 5.34. The lowest BCUT2D eigenvalue weighted by atomic mass is 10.1. The monoisotopic (exact) mass is 197 g/mol. The fraction of sp³-hybridized carbons (Fsp3) is 0.800. The molecular weight excluding hydrogens is 178 g/mol. The summed E-state index contributed by atoms with van der Waals surface area (Å²) in [6.07, 6.45) is 2.18. The lowest BCUT2D eigenvalue weighted by Crippen LogP contribution is -2.30. The number of aromatic nitrogens is 2. The molecule has 1 rings (SSSR count). The topological polar surface area (TPSA) is 64.9 Å². The molecule has 1 aromatic heterocycles. The van der Waals surface area contributed by atoms with Gasteiger partial charge in [0.2, 0.25) is 5.89 Å². The normalized spacial score (nSPS) is 14.4. The lowest BCUT2D eigenvalue weighted by molar-refractivity contribution is 0.341. The van der Waals surface area contributed by atoms with Gasteiger partial charge in [0.15, 0.2) is 5.82 Å². The number of nitrogens with zero attached hydrogens (tertiary/aromatic N) is 2. The van der Waals surface area contributed by atoms with Crippen LogP contribution in [0.3, 0.4) is 0 Å². The van der Waals surface area contributed by atoms with Gasteiger partial charge in [-0.1, -0.05) is 25.4 Å². The highest BCUT2D eigenvalue weighted by atomic mass is 16.5. The van der Waals surface area contributed by atoms with Crippen molar-refractivity contribution in [2.45, 2.75) is 52.0 Å². The van der Waals surface area contributed by atoms with Gasteiger partial charge in [0.05, 0.1) is 5.54 Å². The Morgan fingerprint density at radius 2 is 2.14 bits per heavy atom. The zero-order chi connectivity index (χ0) is 10.8. The number of nitrogens with two attached hydrogens (primary N) is 1. The van der Waals surface area contributed by atoms with E-state index in [1.165, 1.54) is 0 Å². The van der Waals surface area contributed by atoms with Crippen molar-refractivity contribution in [3.05, 3.63) is 11.7 Å². The summed E-state index contributed by atoms with van der Waals surface area (Å²) >= 11 is 0. The molecule has 4 heteroatoms. The second kappa shape index (κ2) is 4.09. The van der Waals surface area contributed by atoms with Crippen LogP contribution in [-0.4, -0.2) is 10.1 Å². The molecule has 0 amide bonds. The van der Waals surface area contributed by atoms with Crippen molar-refractivity contribution in [3.63, 3.8) is 0 Å². The third-order valence-corrected chi connectivity index (χ3v) is 2.16. The molecule has 1 aromatic rings. The predicted octanol–water partition coefficient (Wildman–Crippen LogP) is 2.17. The first-order valence-corrected chi connectivity index (χ1v) is 5.08. The summed E-state index contributed by atoms with van der Waals surface area (Å²) in [4.78, 5) is 4.30. The van der Waals surface area contributed by atoms with Crippen LogP contribution in [0.2, 0.25) is 0 Å². The van der Waals surface area contributed by atoms with E-state index in [0.717, 1.165) is 12.8 Å². The fourth-order valence-electron chi connectivity index (χ4n) is 1.25. The summed E-state index contributed by atoms with van der Waals surface area (Å²) < 4.78 is 5.16. The van der Waals surface area contributed by atoms with Gasteiger partial charge in [0, 0.05) is 5.92 Å². The molecule has 0 bridgehead atoms. The van der Waals surface area contributed by atoms with Gasteiger partial charge in [-0.15, -0.1) is 0 Å². The molecule has 0 saturated carbocycles. The summed E-state index contributed by atoms with van der Waals surface area (Å²) in [5, 5.41) is 3.88. The maximum Gasteiger partial charge on any atom is 0.229 e. The van der Waals surface area contributed by atoms with E-state index in [0.29, 0.717) is 17.6 Å². The minimum absolute atomic E-state index is 0.323. The molecule has 2 N–H and O–H groups in total. The van der Waals surface area contributed by atoms with Crippen molar-refractivity contribution in [2.24, 2.45) is 5.73 Å². The maximum absolute atomic E-state index is 5.86. The second-order valence-corrected chi connectivity index (χ2v) is 4.37. The third kappa shape index (κ3) is 2.54. The summed E-state index contributed by atoms with van der Waals surface area (Å²) in [5.74, 6) is 1.60. The fourth-order valence-corrected chi connectivity index (χ4v) is 1.25. The van der Waals surface area contributed by atoms with Crippen LogP contribution in [0, 0.1) is 0 Å². The van der Waals surface area contributed by atoms with E-state index in [1.54, 1.807) is 0 Å². The maximum atomic E-state index is 5.86. The molecule has 0 aliphatic carbocycles. The summed E-state index contributed by atoms with van der Waals surface area (Å²) in [7, 11) is 0. The number of rotatable bonds is 4. The van der Waals surface area contributed by atoms with Crippen LogP contribution in [0.4, 0.5) is 0 Å². The van der Waals surface area contributed by atoms with Crippen molar-refractivity contribution in [1.82, 2.24) is 10.1 Å². The smallest absolute Gasteiger partial charge is 0.229 e. The van der Waals surface area contributed by atoms with Crippen LogP contribution in [-0.2, 0) is 5.54 Å². The summed E-state index contributed by atoms with van der Waals surface area (Å²) in [6, 6.07) is 0. The molecule has 0 radical (unpaired) electrons. The first kappa shape index (κ1) is 11.2. The van der Waals surface area contributed by atoms with E-state index < -0.39 is 5.54 Å². The highest BCUT2D eigenvalue weighted by molar-refractivity contribution is 5.01. The minimum Gasteiger partial charge on any atom is -0.339 e. The van der Waals surface area contributed by atoms with Crippen molar-refractivity contribution < 1.29 is 4.52 Å². The zero-order valence-corrected chi connectivity index (χ0v) is 9.37. The molecule has 14 heavy (non-hydrogen) atoms. The van der Waals surface area contributed by atoms with E-state index in [-0.39, 0.29) is 0 Å². The second-order valence-electron chi connectivity index (χ2n) is 4.37. The van der Waals surface area contributed by atoms with Gasteiger partial charge in [-0.05, 0) is 20.3 Å². The predicted molar refractivity (Wildman–Crippen MR) is 54.8 cm³/mol. The van der Waals surface area contributed by atoms with Gasteiger partial charge < -0.3 is 10.3 Å². The molecular formula is C10H19N3O. The van der Waals surface area contributed by atoms with Gasteiger partial charge in [-0.3, -0.25) is 0 Å². The largest absolute Gasteiger partial charge is 0.339 e. The van der Waals surface area contributed by atoms with Crippen LogP contribution in [0.1, 0.15) is 58.2 Å². The van der Waals surface area contributed by atoms with Crippen molar-refractivity contribution in [1.29, 1.82) is 0 Å². The van der Waals surface area contributed by atoms with Crippen molar-refractivity contribution in [3.8, 4) is 0 Å². The molecule has 0 aliphatic heterocycles. The van der Waals surface area contributed by atoms with E-state index in [9.17, 15) is 0 Å². The molecule has 0 aliphatic rings. The van der Waals surface area contributed by atoms with Gasteiger partial charge >= 0.3 is 0 Å². The Bertz CT molecular complexity index is 288. The SMILES string of the molecule is CCCC(C)c1nc(C(C)(C)N)no1. The highest BCUT2D eigenvalue weighted by Gasteiger charge is 2.23. The van der Waals surface area contributed by atoms with Gasteiger partial charge in [0.25, 0.3) is 0 Å². The van der Waals surface area contributed by atoms with Gasteiger partial charge in [0.1, 0.15) is 0 Å². The Morgan fingerprint density at radius 1 is 1.50 bits per heavy atom. The van der Waals surface area contributed by atoms with E-state index in [2.05, 4.69) is 24.0 Å². The van der Waals surface area contributed by atoms with Gasteiger partial charge in [-0.25, -0.2) is 0 Å². The van der Waals surface area contributed by atoms with Crippen LogP contribution in [0.25, 0.3) is 0 Å². The Balaban J connectivity index is 2.78. The standard InChI is InChI=1S/C10H19N3O/c1-5-6-7(2)8-12-9(13-14-8)10(3,4)11/h7H,5-6,11H2,1-4H3. The Hall–Kier alpha value is -0.900. The number of hydrogen-bond donors (Lipinski definition) is 1. The molecule has 80 valence electrons. The Morgan fingerprint density at radius 3 is 2.57 bits per heavy atom. The number of hydrogen-bond acceptors (Lipinski definition) is 4. The first-order chi connectivity index (χ1) is 6.45. The van der Waals surface area contributed by atoms with Crippen molar-refractivity contribution in [2.75, 3.05) is 0 Å². The van der Waals surface area contributed by atoms with Crippen LogP contribution in [0.5, 0.6) is 0 Å². The van der Waals surface area contributed by atoms with Crippen LogP contribution in [0.15, 0.2) is 4.52 Å². The molecule has 0 fully saturated rings. The highest BCUT2D eigenvalue weighted by Crippen LogP contribution is 2.21. The van der Waals surface area contributed by atoms with E-state index >= 15 is 0 Å². The average molecular weight is 197 g/mol. The van der Waals surface area contributed by atoms with Crippen LogP contribution >= 0.6 is 0 Å². The third-order valence-electron chi connectivity index (χ3n) is 2.16. The lowest BCUT2D eigenvalue weighted by Gasteiger charge is -2.11. The minimum atomic E-state index is -0.520. The average Bonchev–Trinajstić information content (AvgIpc) is 2.51. The van der Waals surface area contributed by atoms with Gasteiger partial charge in [-0.2, -0.15) is 4.98 Å². The molecule has 4 nitrogen and oxygen atoms in total. The molecule has 1 unspecified atom stereocenters. The van der Waals surface area contributed by atoms with E-state index in [4.69, 9.17) is 10.3 Å². The van der Waals surface area contributed by atoms with Crippen LogP contribution < -0.4 is 5.73 Å². The Kier molecular flexibility index (Phi) is 3.26. The molecule has 1 heterocycles. The molecule has 0 aromatic carbocycles. The van der Waals surface area contributed by atoms with E-state index in [1.807, 2.05) is 13.8 Å². The molecule has 0 saturated heterocycles. The first-order valence-electron chi connectivity index (χ1n) is 5.08. The quantitative estimate of drug-likeness (QED) is 0.803. The Labute approximate surface area is 84.9 Å². The zero-order valence-electron chi connectivity index (χ0n) is 9.37. The molecule has 1 atom stereocenters.